The van der Waals surface area contributed by atoms with Gasteiger partial charge in [-0.3, -0.25) is 0 Å². The fourth-order valence-electron chi connectivity index (χ4n) is 3.41. The van der Waals surface area contributed by atoms with Gasteiger partial charge in [-0.05, 0) is 13.8 Å². The van der Waals surface area contributed by atoms with E-state index in [0.29, 0.717) is 32.2 Å². The lowest BCUT2D eigenvalue weighted by molar-refractivity contribution is 0.0520. The third-order valence-electron chi connectivity index (χ3n) is 5.02. The molecule has 1 saturated heterocycles. The standard InChI is InChI=1S/C17H19F2N5O2/c1-3-26-15(25)14-8-23(9-21-14)5-11-4-20-16(22-10(11)2)24-6-12-13(7-24)17(12,18)19/h4,8-9,12-13H,3,5-7H2,1-2H3. The monoisotopic (exact) mass is 363 g/mol. The normalized spacial score (nSPS) is 23.0. The van der Waals surface area contributed by atoms with Gasteiger partial charge in [-0.2, -0.15) is 0 Å². The van der Waals surface area contributed by atoms with Crippen LogP contribution in [-0.2, 0) is 11.3 Å². The molecule has 138 valence electrons. The molecule has 1 aliphatic carbocycles. The van der Waals surface area contributed by atoms with Crippen molar-refractivity contribution in [2.45, 2.75) is 26.3 Å². The van der Waals surface area contributed by atoms with Crippen molar-refractivity contribution >= 4 is 11.9 Å². The molecule has 7 nitrogen and oxygen atoms in total. The summed E-state index contributed by atoms with van der Waals surface area (Å²) < 4.78 is 33.3. The molecule has 1 saturated carbocycles. The van der Waals surface area contributed by atoms with Crippen LogP contribution in [0.15, 0.2) is 18.7 Å². The Bertz CT molecular complexity index is 839. The number of aromatic nitrogens is 4. The van der Waals surface area contributed by atoms with Gasteiger partial charge in [0.1, 0.15) is 0 Å². The number of rotatable bonds is 5. The van der Waals surface area contributed by atoms with Gasteiger partial charge in [0.25, 0.3) is 5.92 Å². The minimum Gasteiger partial charge on any atom is -0.461 e. The first-order valence-corrected chi connectivity index (χ1v) is 8.54. The van der Waals surface area contributed by atoms with E-state index in [9.17, 15) is 13.6 Å². The SMILES string of the molecule is CCOC(=O)c1cn(Cc2cnc(N3CC4C(C3)C4(F)F)nc2C)cn1. The summed E-state index contributed by atoms with van der Waals surface area (Å²) in [4.78, 5) is 26.3. The number of carbonyl (C=O) groups excluding carboxylic acids is 1. The first-order chi connectivity index (χ1) is 12.4. The average Bonchev–Trinajstić information content (AvgIpc) is 3.05. The number of piperidine rings is 1. The maximum absolute atomic E-state index is 13.3. The molecule has 9 heteroatoms. The van der Waals surface area contributed by atoms with Crippen molar-refractivity contribution in [1.29, 1.82) is 0 Å². The number of anilines is 1. The topological polar surface area (TPSA) is 73.1 Å². The Kier molecular flexibility index (Phi) is 3.89. The summed E-state index contributed by atoms with van der Waals surface area (Å²) in [6.07, 6.45) is 4.86. The molecule has 0 N–H and O–H groups in total. The van der Waals surface area contributed by atoms with E-state index >= 15 is 0 Å². The Morgan fingerprint density at radius 1 is 1.35 bits per heavy atom. The zero-order valence-corrected chi connectivity index (χ0v) is 14.5. The van der Waals surface area contributed by atoms with E-state index in [-0.39, 0.29) is 5.69 Å². The van der Waals surface area contributed by atoms with Crippen LogP contribution in [0, 0.1) is 18.8 Å². The minimum absolute atomic E-state index is 0.249. The van der Waals surface area contributed by atoms with E-state index in [1.54, 1.807) is 30.2 Å². The Balaban J connectivity index is 1.43. The van der Waals surface area contributed by atoms with Crippen LogP contribution < -0.4 is 4.90 Å². The predicted octanol–water partition coefficient (Wildman–Crippen LogP) is 1.91. The molecule has 0 aromatic carbocycles. The van der Waals surface area contributed by atoms with Gasteiger partial charge < -0.3 is 14.2 Å². The number of halogens is 2. The summed E-state index contributed by atoms with van der Waals surface area (Å²) in [6.45, 7) is 4.96. The van der Waals surface area contributed by atoms with Gasteiger partial charge in [-0.25, -0.2) is 28.5 Å². The van der Waals surface area contributed by atoms with Gasteiger partial charge in [0, 0.05) is 36.7 Å². The molecule has 0 spiro atoms. The fraction of sp³-hybridized carbons (Fsp3) is 0.529. The summed E-state index contributed by atoms with van der Waals surface area (Å²) in [7, 11) is 0. The highest BCUT2D eigenvalue weighted by atomic mass is 19.3. The highest BCUT2D eigenvalue weighted by Crippen LogP contribution is 2.59. The number of nitrogens with zero attached hydrogens (tertiary/aromatic N) is 5. The van der Waals surface area contributed by atoms with Gasteiger partial charge in [0.2, 0.25) is 5.95 Å². The number of imidazole rings is 1. The zero-order valence-electron chi connectivity index (χ0n) is 14.5. The van der Waals surface area contributed by atoms with E-state index in [4.69, 9.17) is 4.74 Å². The average molecular weight is 363 g/mol. The maximum Gasteiger partial charge on any atom is 0.358 e. The second kappa shape index (κ2) is 6.00. The quantitative estimate of drug-likeness (QED) is 0.756. The lowest BCUT2D eigenvalue weighted by atomic mass is 10.2. The maximum atomic E-state index is 13.3. The Hall–Kier alpha value is -2.58. The molecular weight excluding hydrogens is 344 g/mol. The van der Waals surface area contributed by atoms with Crippen LogP contribution in [-0.4, -0.2) is 51.1 Å². The molecule has 2 aromatic rings. The van der Waals surface area contributed by atoms with Crippen LogP contribution in [0.5, 0.6) is 0 Å². The Morgan fingerprint density at radius 3 is 2.73 bits per heavy atom. The summed E-state index contributed by atoms with van der Waals surface area (Å²) >= 11 is 0. The van der Waals surface area contributed by atoms with Crippen LogP contribution in [0.4, 0.5) is 14.7 Å². The predicted molar refractivity (Wildman–Crippen MR) is 88.2 cm³/mol. The molecule has 2 atom stereocenters. The van der Waals surface area contributed by atoms with Gasteiger partial charge in [0.15, 0.2) is 5.69 Å². The number of carbonyl (C=O) groups is 1. The molecule has 2 fully saturated rings. The molecule has 2 unspecified atom stereocenters. The van der Waals surface area contributed by atoms with Crippen LogP contribution >= 0.6 is 0 Å². The molecule has 4 rings (SSSR count). The fourth-order valence-corrected chi connectivity index (χ4v) is 3.41. The molecule has 2 aliphatic rings. The summed E-state index contributed by atoms with van der Waals surface area (Å²) in [5.41, 5.74) is 1.89. The van der Waals surface area contributed by atoms with Crippen molar-refractivity contribution < 1.29 is 18.3 Å². The third kappa shape index (κ3) is 2.81. The van der Waals surface area contributed by atoms with E-state index in [2.05, 4.69) is 15.0 Å². The number of hydrogen-bond acceptors (Lipinski definition) is 6. The zero-order chi connectivity index (χ0) is 18.5. The van der Waals surface area contributed by atoms with Crippen LogP contribution in [0.25, 0.3) is 0 Å². The molecule has 0 bridgehead atoms. The molecule has 1 aliphatic heterocycles. The van der Waals surface area contributed by atoms with Gasteiger partial charge in [-0.1, -0.05) is 0 Å². The second-order valence-electron chi connectivity index (χ2n) is 6.72. The molecule has 3 heterocycles. The molecule has 0 radical (unpaired) electrons. The minimum atomic E-state index is -2.51. The lowest BCUT2D eigenvalue weighted by Gasteiger charge is -2.20. The Morgan fingerprint density at radius 2 is 2.08 bits per heavy atom. The summed E-state index contributed by atoms with van der Waals surface area (Å²) in [5.74, 6) is -3.59. The largest absolute Gasteiger partial charge is 0.461 e. The number of fused-ring (bicyclic) bond motifs is 1. The molecule has 0 amide bonds. The number of esters is 1. The second-order valence-corrected chi connectivity index (χ2v) is 6.72. The van der Waals surface area contributed by atoms with E-state index in [0.717, 1.165) is 11.3 Å². The van der Waals surface area contributed by atoms with E-state index in [1.807, 2.05) is 11.8 Å². The van der Waals surface area contributed by atoms with Crippen molar-refractivity contribution in [2.24, 2.45) is 11.8 Å². The van der Waals surface area contributed by atoms with Crippen LogP contribution in [0.3, 0.4) is 0 Å². The Labute approximate surface area is 149 Å². The summed E-state index contributed by atoms with van der Waals surface area (Å²) in [5, 5.41) is 0. The smallest absolute Gasteiger partial charge is 0.358 e. The summed E-state index contributed by atoms with van der Waals surface area (Å²) in [6, 6.07) is 0. The highest BCUT2D eigenvalue weighted by molar-refractivity contribution is 5.86. The lowest BCUT2D eigenvalue weighted by Crippen LogP contribution is -2.29. The third-order valence-corrected chi connectivity index (χ3v) is 5.02. The van der Waals surface area contributed by atoms with Gasteiger partial charge in [0.05, 0.1) is 31.3 Å². The van der Waals surface area contributed by atoms with Gasteiger partial charge in [-0.15, -0.1) is 0 Å². The van der Waals surface area contributed by atoms with E-state index in [1.165, 1.54) is 0 Å². The number of aryl methyl sites for hydroxylation is 1. The van der Waals surface area contributed by atoms with Crippen molar-refractivity contribution in [3.8, 4) is 0 Å². The van der Waals surface area contributed by atoms with Crippen LogP contribution in [0.1, 0.15) is 28.7 Å². The van der Waals surface area contributed by atoms with Crippen molar-refractivity contribution in [3.63, 3.8) is 0 Å². The van der Waals surface area contributed by atoms with Crippen molar-refractivity contribution in [1.82, 2.24) is 19.5 Å². The van der Waals surface area contributed by atoms with E-state index < -0.39 is 23.7 Å². The van der Waals surface area contributed by atoms with Crippen molar-refractivity contribution in [2.75, 3.05) is 24.6 Å². The van der Waals surface area contributed by atoms with Crippen LogP contribution in [0.2, 0.25) is 0 Å². The molecule has 26 heavy (non-hydrogen) atoms. The number of alkyl halides is 2. The first kappa shape index (κ1) is 16.9. The van der Waals surface area contributed by atoms with Crippen molar-refractivity contribution in [3.05, 3.63) is 35.7 Å². The number of ether oxygens (including phenoxy) is 1. The molecule has 2 aromatic heterocycles. The molecular formula is C17H19F2N5O2. The number of hydrogen-bond donors (Lipinski definition) is 0. The van der Waals surface area contributed by atoms with Gasteiger partial charge >= 0.3 is 5.97 Å². The highest BCUT2D eigenvalue weighted by Gasteiger charge is 2.71. The first-order valence-electron chi connectivity index (χ1n) is 8.54.